The number of aromatic nitrogens is 3. The molecular weight excluding hydrogens is 156 g/mol. The molecular formula is C7H12N4O. The maximum Gasteiger partial charge on any atom is 0.130 e. The van der Waals surface area contributed by atoms with E-state index in [2.05, 4.69) is 20.6 Å². The SMILES string of the molecule is CC(C)(C)C(=NO)c1c[nH]nn1. The first-order valence-electron chi connectivity index (χ1n) is 3.65. The van der Waals surface area contributed by atoms with Gasteiger partial charge in [-0.2, -0.15) is 0 Å². The van der Waals surface area contributed by atoms with E-state index in [0.29, 0.717) is 11.4 Å². The predicted molar refractivity (Wildman–Crippen MR) is 44.2 cm³/mol. The van der Waals surface area contributed by atoms with Gasteiger partial charge in [0.05, 0.1) is 6.20 Å². The van der Waals surface area contributed by atoms with E-state index in [1.165, 1.54) is 0 Å². The largest absolute Gasteiger partial charge is 0.411 e. The first-order valence-corrected chi connectivity index (χ1v) is 3.65. The number of nitrogens with one attached hydrogen (secondary N) is 1. The summed E-state index contributed by atoms with van der Waals surface area (Å²) in [6.07, 6.45) is 1.60. The quantitative estimate of drug-likeness (QED) is 0.373. The molecule has 0 aromatic carbocycles. The van der Waals surface area contributed by atoms with Crippen LogP contribution in [0.25, 0.3) is 0 Å². The highest BCUT2D eigenvalue weighted by Crippen LogP contribution is 2.19. The second-order valence-corrected chi connectivity index (χ2v) is 3.56. The van der Waals surface area contributed by atoms with Crippen molar-refractivity contribution in [3.8, 4) is 0 Å². The van der Waals surface area contributed by atoms with Crippen molar-refractivity contribution in [2.75, 3.05) is 0 Å². The van der Waals surface area contributed by atoms with Crippen molar-refractivity contribution in [1.82, 2.24) is 15.4 Å². The smallest absolute Gasteiger partial charge is 0.130 e. The lowest BCUT2D eigenvalue weighted by Gasteiger charge is -2.17. The molecule has 0 aliphatic heterocycles. The highest BCUT2D eigenvalue weighted by molar-refractivity contribution is 6.01. The van der Waals surface area contributed by atoms with Gasteiger partial charge in [-0.05, 0) is 0 Å². The lowest BCUT2D eigenvalue weighted by molar-refractivity contribution is 0.311. The molecule has 0 fully saturated rings. The van der Waals surface area contributed by atoms with Crippen LogP contribution in [0.1, 0.15) is 26.5 Å². The number of oxime groups is 1. The first kappa shape index (κ1) is 8.70. The number of rotatable bonds is 1. The van der Waals surface area contributed by atoms with Gasteiger partial charge in [-0.15, -0.1) is 5.10 Å². The van der Waals surface area contributed by atoms with Gasteiger partial charge in [0, 0.05) is 5.41 Å². The molecule has 1 aromatic rings. The third-order valence-electron chi connectivity index (χ3n) is 1.47. The molecule has 1 rings (SSSR count). The van der Waals surface area contributed by atoms with Crippen molar-refractivity contribution in [1.29, 1.82) is 0 Å². The topological polar surface area (TPSA) is 74.2 Å². The van der Waals surface area contributed by atoms with E-state index in [-0.39, 0.29) is 5.41 Å². The summed E-state index contributed by atoms with van der Waals surface area (Å²) in [4.78, 5) is 0. The van der Waals surface area contributed by atoms with Gasteiger partial charge in [-0.1, -0.05) is 31.1 Å². The molecule has 0 radical (unpaired) electrons. The van der Waals surface area contributed by atoms with Crippen LogP contribution >= 0.6 is 0 Å². The van der Waals surface area contributed by atoms with Crippen LogP contribution in [-0.2, 0) is 0 Å². The minimum atomic E-state index is -0.231. The summed E-state index contributed by atoms with van der Waals surface area (Å²) < 4.78 is 0. The molecule has 0 saturated carbocycles. The van der Waals surface area contributed by atoms with Crippen LogP contribution in [0.3, 0.4) is 0 Å². The molecule has 5 heteroatoms. The molecule has 5 nitrogen and oxygen atoms in total. The third-order valence-corrected chi connectivity index (χ3v) is 1.47. The number of hydrogen-bond donors (Lipinski definition) is 2. The molecule has 1 heterocycles. The molecule has 2 N–H and O–H groups in total. The van der Waals surface area contributed by atoms with E-state index in [0.717, 1.165) is 0 Å². The molecule has 1 aromatic heterocycles. The zero-order valence-electron chi connectivity index (χ0n) is 7.37. The summed E-state index contributed by atoms with van der Waals surface area (Å²) in [5, 5.41) is 21.8. The summed E-state index contributed by atoms with van der Waals surface area (Å²) in [5.41, 5.74) is 0.868. The number of aromatic amines is 1. The molecule has 0 atom stereocenters. The van der Waals surface area contributed by atoms with E-state index >= 15 is 0 Å². The minimum absolute atomic E-state index is 0.231. The van der Waals surface area contributed by atoms with Gasteiger partial charge in [0.25, 0.3) is 0 Å². The monoisotopic (exact) mass is 168 g/mol. The summed E-state index contributed by atoms with van der Waals surface area (Å²) in [6.45, 7) is 5.82. The zero-order valence-corrected chi connectivity index (χ0v) is 7.37. The van der Waals surface area contributed by atoms with Crippen LogP contribution in [0.15, 0.2) is 11.4 Å². The van der Waals surface area contributed by atoms with Gasteiger partial charge in [0.15, 0.2) is 0 Å². The van der Waals surface area contributed by atoms with E-state index in [9.17, 15) is 0 Å². The van der Waals surface area contributed by atoms with Crippen molar-refractivity contribution < 1.29 is 5.21 Å². The maximum atomic E-state index is 8.74. The van der Waals surface area contributed by atoms with Gasteiger partial charge in [-0.3, -0.25) is 5.10 Å². The van der Waals surface area contributed by atoms with Gasteiger partial charge in [-0.25, -0.2) is 0 Å². The number of nitrogens with zero attached hydrogens (tertiary/aromatic N) is 3. The lowest BCUT2D eigenvalue weighted by atomic mass is 9.88. The zero-order chi connectivity index (χ0) is 9.19. The van der Waals surface area contributed by atoms with Crippen molar-refractivity contribution in [2.24, 2.45) is 10.6 Å². The average Bonchev–Trinajstić information content (AvgIpc) is 2.38. The Morgan fingerprint density at radius 2 is 2.25 bits per heavy atom. The lowest BCUT2D eigenvalue weighted by Crippen LogP contribution is -2.21. The van der Waals surface area contributed by atoms with E-state index in [1.54, 1.807) is 6.20 Å². The summed E-state index contributed by atoms with van der Waals surface area (Å²) >= 11 is 0. The van der Waals surface area contributed by atoms with E-state index in [1.807, 2.05) is 20.8 Å². The fourth-order valence-corrected chi connectivity index (χ4v) is 0.903. The Labute approximate surface area is 70.5 Å². The summed E-state index contributed by atoms with van der Waals surface area (Å²) in [7, 11) is 0. The van der Waals surface area contributed by atoms with Crippen LogP contribution in [0.2, 0.25) is 0 Å². The standard InChI is InChI=1S/C7H12N4O/c1-7(2,3)6(10-12)5-4-8-11-9-5/h4,12H,1-3H3,(H,8,9,11). The van der Waals surface area contributed by atoms with Crippen molar-refractivity contribution in [3.63, 3.8) is 0 Å². The Hall–Kier alpha value is -1.39. The first-order chi connectivity index (χ1) is 5.55. The molecule has 66 valence electrons. The molecule has 0 saturated heterocycles. The minimum Gasteiger partial charge on any atom is -0.411 e. The van der Waals surface area contributed by atoms with Gasteiger partial charge in [0.1, 0.15) is 11.4 Å². The fraction of sp³-hybridized carbons (Fsp3) is 0.571. The molecule has 0 unspecified atom stereocenters. The molecule has 0 amide bonds. The van der Waals surface area contributed by atoms with Crippen LogP contribution in [0, 0.1) is 5.41 Å². The van der Waals surface area contributed by atoms with Crippen LogP contribution in [-0.4, -0.2) is 26.3 Å². The molecule has 0 aliphatic rings. The van der Waals surface area contributed by atoms with Gasteiger partial charge >= 0.3 is 0 Å². The Morgan fingerprint density at radius 1 is 1.58 bits per heavy atom. The predicted octanol–water partition coefficient (Wildman–Crippen LogP) is 1.03. The Morgan fingerprint density at radius 3 is 2.58 bits per heavy atom. The van der Waals surface area contributed by atoms with Gasteiger partial charge < -0.3 is 5.21 Å². The summed E-state index contributed by atoms with van der Waals surface area (Å²) in [5.74, 6) is 0. The Balaban J connectivity index is 3.01. The molecule has 12 heavy (non-hydrogen) atoms. The summed E-state index contributed by atoms with van der Waals surface area (Å²) in [6, 6.07) is 0. The normalized spacial score (nSPS) is 13.4. The second kappa shape index (κ2) is 2.92. The maximum absolute atomic E-state index is 8.74. The van der Waals surface area contributed by atoms with E-state index in [4.69, 9.17) is 5.21 Å². The number of H-pyrrole nitrogens is 1. The van der Waals surface area contributed by atoms with Crippen LogP contribution in [0.4, 0.5) is 0 Å². The fourth-order valence-electron chi connectivity index (χ4n) is 0.903. The Bertz CT molecular complexity index is 270. The number of hydrogen-bond acceptors (Lipinski definition) is 4. The van der Waals surface area contributed by atoms with Crippen molar-refractivity contribution >= 4 is 5.71 Å². The molecule has 0 aliphatic carbocycles. The van der Waals surface area contributed by atoms with Crippen molar-refractivity contribution in [2.45, 2.75) is 20.8 Å². The van der Waals surface area contributed by atoms with Gasteiger partial charge in [0.2, 0.25) is 0 Å². The second-order valence-electron chi connectivity index (χ2n) is 3.56. The Kier molecular flexibility index (Phi) is 2.12. The molecule has 0 spiro atoms. The van der Waals surface area contributed by atoms with Crippen LogP contribution < -0.4 is 0 Å². The highest BCUT2D eigenvalue weighted by Gasteiger charge is 2.23. The third kappa shape index (κ3) is 1.61. The van der Waals surface area contributed by atoms with Crippen molar-refractivity contribution in [3.05, 3.63) is 11.9 Å². The average molecular weight is 168 g/mol. The molecule has 0 bridgehead atoms. The highest BCUT2D eigenvalue weighted by atomic mass is 16.4. The van der Waals surface area contributed by atoms with E-state index < -0.39 is 0 Å². The van der Waals surface area contributed by atoms with Crippen LogP contribution in [0.5, 0.6) is 0 Å².